The summed E-state index contributed by atoms with van der Waals surface area (Å²) in [6.45, 7) is 0.839. The number of hydrogen-bond donors (Lipinski definition) is 1. The lowest BCUT2D eigenvalue weighted by Gasteiger charge is -2.36. The Morgan fingerprint density at radius 1 is 1.21 bits per heavy atom. The lowest BCUT2D eigenvalue weighted by atomic mass is 9.88. The highest BCUT2D eigenvalue weighted by Gasteiger charge is 2.61. The van der Waals surface area contributed by atoms with E-state index in [2.05, 4.69) is 0 Å². The molecule has 1 atom stereocenters. The third-order valence-electron chi connectivity index (χ3n) is 4.99. The number of hydrogen-bond acceptors (Lipinski definition) is 5. The number of ether oxygens (including phenoxy) is 2. The van der Waals surface area contributed by atoms with Crippen LogP contribution in [0, 0.1) is 11.6 Å². The molecule has 4 nitrogen and oxygen atoms in total. The summed E-state index contributed by atoms with van der Waals surface area (Å²) in [7, 11) is 1.59. The van der Waals surface area contributed by atoms with Crippen molar-refractivity contribution in [1.82, 2.24) is 0 Å². The van der Waals surface area contributed by atoms with E-state index in [0.29, 0.717) is 18.6 Å². The van der Waals surface area contributed by atoms with E-state index in [4.69, 9.17) is 9.47 Å². The molecule has 0 heterocycles. The molecule has 0 bridgehead atoms. The molecule has 7 heteroatoms. The Kier molecular flexibility index (Phi) is 5.95. The predicted molar refractivity (Wildman–Crippen MR) is 103 cm³/mol. The van der Waals surface area contributed by atoms with Crippen molar-refractivity contribution in [2.24, 2.45) is 0 Å². The number of halogens is 2. The second-order valence-electron chi connectivity index (χ2n) is 6.90. The molecule has 0 spiro atoms. The SMILES string of the molecule is COc1ccc(CSC2(C(O)(COC(C)=O)c3ccc(F)cc3F)CC2)cc1. The molecule has 1 fully saturated rings. The molecular formula is C21H22F2O4S. The zero-order valence-electron chi connectivity index (χ0n) is 15.7. The van der Waals surface area contributed by atoms with E-state index in [1.165, 1.54) is 24.8 Å². The van der Waals surface area contributed by atoms with Crippen molar-refractivity contribution < 1.29 is 28.2 Å². The van der Waals surface area contributed by atoms with Crippen LogP contribution in [0.15, 0.2) is 42.5 Å². The molecule has 1 aliphatic rings. The summed E-state index contributed by atoms with van der Waals surface area (Å²) in [6, 6.07) is 10.6. The standard InChI is InChI=1S/C21H22F2O4S/c1-14(24)27-13-21(25,18-8-5-16(22)11-19(18)23)20(9-10-20)28-12-15-3-6-17(26-2)7-4-15/h3-8,11,25H,9-10,12-13H2,1-2H3. The van der Waals surface area contributed by atoms with Crippen molar-refractivity contribution in [3.8, 4) is 5.75 Å². The first-order valence-corrected chi connectivity index (χ1v) is 9.86. The van der Waals surface area contributed by atoms with Crippen molar-refractivity contribution in [1.29, 1.82) is 0 Å². The van der Waals surface area contributed by atoms with Crippen LogP contribution in [-0.2, 0) is 20.9 Å². The fourth-order valence-electron chi connectivity index (χ4n) is 3.22. The van der Waals surface area contributed by atoms with Crippen LogP contribution in [-0.4, -0.2) is 29.5 Å². The van der Waals surface area contributed by atoms with Crippen LogP contribution in [0.4, 0.5) is 8.78 Å². The Morgan fingerprint density at radius 2 is 1.89 bits per heavy atom. The maximum atomic E-state index is 14.5. The molecule has 1 unspecified atom stereocenters. The van der Waals surface area contributed by atoms with E-state index >= 15 is 0 Å². The average Bonchev–Trinajstić information content (AvgIpc) is 3.46. The molecule has 1 aliphatic carbocycles. The molecule has 2 aromatic carbocycles. The van der Waals surface area contributed by atoms with Gasteiger partial charge < -0.3 is 14.6 Å². The zero-order chi connectivity index (χ0) is 20.4. The summed E-state index contributed by atoms with van der Waals surface area (Å²) in [5, 5.41) is 11.5. The van der Waals surface area contributed by atoms with Crippen molar-refractivity contribution in [3.05, 3.63) is 65.2 Å². The van der Waals surface area contributed by atoms with Gasteiger partial charge in [0.25, 0.3) is 0 Å². The van der Waals surface area contributed by atoms with Gasteiger partial charge in [0.15, 0.2) is 0 Å². The minimum Gasteiger partial charge on any atom is -0.497 e. The van der Waals surface area contributed by atoms with E-state index in [0.717, 1.165) is 23.4 Å². The molecule has 0 aromatic heterocycles. The van der Waals surface area contributed by atoms with Crippen LogP contribution in [0.5, 0.6) is 5.75 Å². The first kappa shape index (κ1) is 20.6. The van der Waals surface area contributed by atoms with E-state index in [9.17, 15) is 18.7 Å². The summed E-state index contributed by atoms with van der Waals surface area (Å²) in [6.07, 6.45) is 1.25. The highest BCUT2D eigenvalue weighted by Crippen LogP contribution is 2.60. The molecule has 0 aliphatic heterocycles. The predicted octanol–water partition coefficient (Wildman–Crippen LogP) is 4.19. The normalized spacial score (nSPS) is 16.9. The number of thioether (sulfide) groups is 1. The number of carbonyl (C=O) groups excluding carboxylic acids is 1. The van der Waals surface area contributed by atoms with E-state index in [1.807, 2.05) is 24.3 Å². The van der Waals surface area contributed by atoms with Crippen molar-refractivity contribution in [3.63, 3.8) is 0 Å². The van der Waals surface area contributed by atoms with Crippen molar-refractivity contribution in [2.45, 2.75) is 35.9 Å². The van der Waals surface area contributed by atoms with Gasteiger partial charge in [-0.2, -0.15) is 0 Å². The highest BCUT2D eigenvalue weighted by molar-refractivity contribution is 8.00. The third kappa shape index (κ3) is 4.15. The fraction of sp³-hybridized carbons (Fsp3) is 0.381. The minimum absolute atomic E-state index is 0.0603. The summed E-state index contributed by atoms with van der Waals surface area (Å²) in [4.78, 5) is 11.3. The topological polar surface area (TPSA) is 55.8 Å². The molecular weight excluding hydrogens is 386 g/mol. The van der Waals surface area contributed by atoms with Crippen LogP contribution in [0.3, 0.4) is 0 Å². The molecule has 1 N–H and O–H groups in total. The maximum Gasteiger partial charge on any atom is 0.302 e. The zero-order valence-corrected chi connectivity index (χ0v) is 16.5. The molecule has 0 radical (unpaired) electrons. The van der Waals surface area contributed by atoms with Crippen LogP contribution < -0.4 is 4.74 Å². The molecule has 3 rings (SSSR count). The molecule has 0 amide bonds. The molecule has 2 aromatic rings. The molecule has 0 saturated heterocycles. The Balaban J connectivity index is 1.86. The Labute approximate surface area is 166 Å². The first-order chi connectivity index (χ1) is 13.3. The van der Waals surface area contributed by atoms with Gasteiger partial charge in [-0.3, -0.25) is 4.79 Å². The van der Waals surface area contributed by atoms with Gasteiger partial charge in [0.2, 0.25) is 0 Å². The van der Waals surface area contributed by atoms with Gasteiger partial charge in [0.05, 0.1) is 11.9 Å². The van der Waals surface area contributed by atoms with E-state index < -0.39 is 28.0 Å². The molecule has 28 heavy (non-hydrogen) atoms. The average molecular weight is 408 g/mol. The fourth-order valence-corrected chi connectivity index (χ4v) is 4.65. The van der Waals surface area contributed by atoms with Gasteiger partial charge in [-0.25, -0.2) is 8.78 Å². The summed E-state index contributed by atoms with van der Waals surface area (Å²) in [5.74, 6) is -0.834. The van der Waals surface area contributed by atoms with Crippen LogP contribution >= 0.6 is 11.8 Å². The number of carbonyl (C=O) groups is 1. The van der Waals surface area contributed by atoms with Gasteiger partial charge in [-0.15, -0.1) is 11.8 Å². The maximum absolute atomic E-state index is 14.5. The lowest BCUT2D eigenvalue weighted by Crippen LogP contribution is -2.45. The van der Waals surface area contributed by atoms with Gasteiger partial charge in [-0.1, -0.05) is 18.2 Å². The highest BCUT2D eigenvalue weighted by atomic mass is 32.2. The Bertz CT molecular complexity index is 852. The van der Waals surface area contributed by atoms with Gasteiger partial charge in [-0.05, 0) is 36.6 Å². The largest absolute Gasteiger partial charge is 0.497 e. The van der Waals surface area contributed by atoms with E-state index in [-0.39, 0.29) is 12.2 Å². The first-order valence-electron chi connectivity index (χ1n) is 8.88. The summed E-state index contributed by atoms with van der Waals surface area (Å²) < 4.78 is 37.4. The number of aliphatic hydroxyl groups is 1. The number of benzene rings is 2. The second-order valence-corrected chi connectivity index (χ2v) is 8.25. The number of methoxy groups -OCH3 is 1. The van der Waals surface area contributed by atoms with Crippen molar-refractivity contribution >= 4 is 17.7 Å². The number of rotatable bonds is 8. The van der Waals surface area contributed by atoms with Gasteiger partial charge in [0.1, 0.15) is 29.6 Å². The van der Waals surface area contributed by atoms with Gasteiger partial charge in [0, 0.05) is 24.3 Å². The van der Waals surface area contributed by atoms with Crippen LogP contribution in [0.1, 0.15) is 30.9 Å². The number of esters is 1. The quantitative estimate of drug-likeness (QED) is 0.664. The van der Waals surface area contributed by atoms with Gasteiger partial charge >= 0.3 is 5.97 Å². The molecule has 1 saturated carbocycles. The monoisotopic (exact) mass is 408 g/mol. The van der Waals surface area contributed by atoms with Crippen LogP contribution in [0.25, 0.3) is 0 Å². The summed E-state index contributed by atoms with van der Waals surface area (Å²) in [5.41, 5.74) is -0.797. The summed E-state index contributed by atoms with van der Waals surface area (Å²) >= 11 is 1.48. The lowest BCUT2D eigenvalue weighted by molar-refractivity contribution is -0.150. The minimum atomic E-state index is -1.76. The third-order valence-corrected chi connectivity index (χ3v) is 6.77. The Hall–Kier alpha value is -2.12. The molecule has 150 valence electrons. The van der Waals surface area contributed by atoms with Crippen LogP contribution in [0.2, 0.25) is 0 Å². The van der Waals surface area contributed by atoms with Crippen molar-refractivity contribution in [2.75, 3.05) is 13.7 Å². The van der Waals surface area contributed by atoms with E-state index in [1.54, 1.807) is 7.11 Å². The smallest absolute Gasteiger partial charge is 0.302 e. The second kappa shape index (κ2) is 8.09. The Morgan fingerprint density at radius 3 is 2.43 bits per heavy atom.